The molecule has 0 aliphatic carbocycles. The predicted molar refractivity (Wildman–Crippen MR) is 114 cm³/mol. The highest BCUT2D eigenvalue weighted by atomic mass is 79.9. The van der Waals surface area contributed by atoms with Crippen molar-refractivity contribution in [3.63, 3.8) is 0 Å². The zero-order valence-corrected chi connectivity index (χ0v) is 18.1. The maximum absolute atomic E-state index is 12.5. The fourth-order valence-electron chi connectivity index (χ4n) is 2.52. The summed E-state index contributed by atoms with van der Waals surface area (Å²) < 4.78 is 11.7. The molecule has 5 nitrogen and oxygen atoms in total. The van der Waals surface area contributed by atoms with Gasteiger partial charge in [0.1, 0.15) is 12.4 Å². The van der Waals surface area contributed by atoms with Crippen molar-refractivity contribution in [2.75, 3.05) is 20.3 Å². The molecule has 0 unspecified atom stereocenters. The molecule has 8 heteroatoms. The summed E-state index contributed by atoms with van der Waals surface area (Å²) in [6, 6.07) is 12.9. The van der Waals surface area contributed by atoms with Gasteiger partial charge in [-0.3, -0.25) is 14.5 Å². The normalized spacial score (nSPS) is 15.5. The molecule has 0 bridgehead atoms. The molecule has 0 atom stereocenters. The number of nitrogens with zero attached hydrogens (tertiary/aromatic N) is 1. The number of amides is 2. The van der Waals surface area contributed by atoms with Gasteiger partial charge >= 0.3 is 0 Å². The molecule has 2 aromatic rings. The maximum Gasteiger partial charge on any atom is 0.293 e. The number of hydrogen-bond acceptors (Lipinski definition) is 5. The van der Waals surface area contributed by atoms with Crippen molar-refractivity contribution in [2.24, 2.45) is 0 Å². The Hall–Kier alpha value is -1.80. The van der Waals surface area contributed by atoms with Crippen molar-refractivity contribution in [2.45, 2.75) is 6.61 Å². The third-order valence-corrected chi connectivity index (χ3v) is 5.61. The van der Waals surface area contributed by atoms with Crippen LogP contribution in [0.15, 0.2) is 51.8 Å². The highest BCUT2D eigenvalue weighted by Crippen LogP contribution is 2.35. The Kier molecular flexibility index (Phi) is 7.18. The Bertz CT molecular complexity index is 917. The van der Waals surface area contributed by atoms with Gasteiger partial charge in [0, 0.05) is 22.2 Å². The average molecular weight is 483 g/mol. The molecule has 0 saturated carbocycles. The van der Waals surface area contributed by atoms with Crippen LogP contribution in [0, 0.1) is 0 Å². The topological polar surface area (TPSA) is 55.8 Å². The molecule has 0 N–H and O–H groups in total. The van der Waals surface area contributed by atoms with Gasteiger partial charge in [-0.05, 0) is 53.7 Å². The summed E-state index contributed by atoms with van der Waals surface area (Å²) in [5, 5.41) is 0.365. The Morgan fingerprint density at radius 1 is 1.18 bits per heavy atom. The first-order valence-corrected chi connectivity index (χ1v) is 10.4. The minimum atomic E-state index is -0.323. The van der Waals surface area contributed by atoms with Gasteiger partial charge in [-0.25, -0.2) is 0 Å². The van der Waals surface area contributed by atoms with Crippen LogP contribution in [0.2, 0.25) is 5.02 Å². The van der Waals surface area contributed by atoms with E-state index in [4.69, 9.17) is 21.1 Å². The summed E-state index contributed by atoms with van der Waals surface area (Å²) in [4.78, 5) is 26.2. The molecule has 1 aliphatic heterocycles. The van der Waals surface area contributed by atoms with Crippen molar-refractivity contribution in [3.05, 3.63) is 68.0 Å². The summed E-state index contributed by atoms with van der Waals surface area (Å²) in [6.45, 7) is 0.892. The molecule has 1 aliphatic rings. The lowest BCUT2D eigenvalue weighted by atomic mass is 10.1. The fraction of sp³-hybridized carbons (Fsp3) is 0.200. The monoisotopic (exact) mass is 481 g/mol. The molecule has 0 spiro atoms. The fourth-order valence-corrected chi connectivity index (χ4v) is 3.88. The van der Waals surface area contributed by atoms with E-state index in [0.29, 0.717) is 34.5 Å². The van der Waals surface area contributed by atoms with Gasteiger partial charge in [-0.1, -0.05) is 39.7 Å². The van der Waals surface area contributed by atoms with Gasteiger partial charge < -0.3 is 9.47 Å². The summed E-state index contributed by atoms with van der Waals surface area (Å²) >= 11 is 10.3. The number of ether oxygens (including phenoxy) is 2. The number of thioether (sulfide) groups is 1. The highest BCUT2D eigenvalue weighted by Gasteiger charge is 2.34. The van der Waals surface area contributed by atoms with Gasteiger partial charge in [0.15, 0.2) is 0 Å². The lowest BCUT2D eigenvalue weighted by Gasteiger charge is -2.12. The molecule has 1 heterocycles. The van der Waals surface area contributed by atoms with E-state index in [-0.39, 0.29) is 17.7 Å². The lowest BCUT2D eigenvalue weighted by Crippen LogP contribution is -2.31. The Morgan fingerprint density at radius 3 is 2.64 bits per heavy atom. The first-order valence-electron chi connectivity index (χ1n) is 8.39. The molecule has 1 saturated heterocycles. The summed E-state index contributed by atoms with van der Waals surface area (Å²) in [5.74, 6) is 0.289. The SMILES string of the molecule is COCCN1C(=O)S/C(=C/c2cc(Br)ccc2OCc2ccc(Cl)cc2)C1=O. The van der Waals surface area contributed by atoms with Gasteiger partial charge in [-0.2, -0.15) is 0 Å². The van der Waals surface area contributed by atoms with Crippen molar-refractivity contribution in [3.8, 4) is 5.75 Å². The molecule has 1 fully saturated rings. The van der Waals surface area contributed by atoms with Crippen LogP contribution in [0.3, 0.4) is 0 Å². The molecule has 2 aromatic carbocycles. The number of halogens is 2. The molecule has 0 aromatic heterocycles. The van der Waals surface area contributed by atoms with E-state index in [1.54, 1.807) is 18.2 Å². The first-order chi connectivity index (χ1) is 13.5. The Labute approximate surface area is 180 Å². The highest BCUT2D eigenvalue weighted by molar-refractivity contribution is 9.10. The molecule has 28 heavy (non-hydrogen) atoms. The van der Waals surface area contributed by atoms with Crippen LogP contribution in [0.25, 0.3) is 6.08 Å². The number of hydrogen-bond donors (Lipinski definition) is 0. The zero-order chi connectivity index (χ0) is 20.1. The van der Waals surface area contributed by atoms with Crippen LogP contribution < -0.4 is 4.74 Å². The van der Waals surface area contributed by atoms with Crippen molar-refractivity contribution in [1.29, 1.82) is 0 Å². The first kappa shape index (κ1) is 20.9. The van der Waals surface area contributed by atoms with Crippen molar-refractivity contribution >= 4 is 56.5 Å². The lowest BCUT2D eigenvalue weighted by molar-refractivity contribution is -0.123. The van der Waals surface area contributed by atoms with E-state index in [1.165, 1.54) is 12.0 Å². The van der Waals surface area contributed by atoms with Crippen molar-refractivity contribution in [1.82, 2.24) is 4.90 Å². The molecule has 3 rings (SSSR count). The summed E-state index contributed by atoms with van der Waals surface area (Å²) in [5.41, 5.74) is 1.68. The van der Waals surface area contributed by atoms with E-state index >= 15 is 0 Å². The van der Waals surface area contributed by atoms with Crippen LogP contribution in [-0.2, 0) is 16.1 Å². The van der Waals surface area contributed by atoms with Crippen LogP contribution >= 0.6 is 39.3 Å². The maximum atomic E-state index is 12.5. The van der Waals surface area contributed by atoms with E-state index < -0.39 is 0 Å². The minimum Gasteiger partial charge on any atom is -0.488 e. The molecular weight excluding hydrogens is 466 g/mol. The van der Waals surface area contributed by atoms with E-state index in [0.717, 1.165) is 21.8 Å². The molecule has 146 valence electrons. The number of imide groups is 1. The van der Waals surface area contributed by atoms with Crippen LogP contribution in [0.5, 0.6) is 5.75 Å². The summed E-state index contributed by atoms with van der Waals surface area (Å²) in [6.07, 6.45) is 1.68. The second-order valence-corrected chi connectivity index (χ2v) is 8.27. The standard InChI is InChI=1S/C20H17BrClNO4S/c1-26-9-8-23-19(24)18(28-20(23)25)11-14-10-15(21)4-7-17(14)27-12-13-2-5-16(22)6-3-13/h2-7,10-11H,8-9,12H2,1H3/b18-11+. The largest absolute Gasteiger partial charge is 0.488 e. The number of benzene rings is 2. The Balaban J connectivity index is 1.80. The van der Waals surface area contributed by atoms with Gasteiger partial charge in [0.2, 0.25) is 0 Å². The van der Waals surface area contributed by atoms with Crippen LogP contribution in [-0.4, -0.2) is 36.3 Å². The number of carbonyl (C=O) groups excluding carboxylic acids is 2. The van der Waals surface area contributed by atoms with Crippen LogP contribution in [0.4, 0.5) is 4.79 Å². The third kappa shape index (κ3) is 5.17. The third-order valence-electron chi connectivity index (χ3n) is 3.96. The van der Waals surface area contributed by atoms with Gasteiger partial charge in [-0.15, -0.1) is 0 Å². The second-order valence-electron chi connectivity index (χ2n) is 5.92. The molecule has 2 amide bonds. The quantitative estimate of drug-likeness (QED) is 0.497. The molecule has 0 radical (unpaired) electrons. The minimum absolute atomic E-state index is 0.233. The Morgan fingerprint density at radius 2 is 1.93 bits per heavy atom. The van der Waals surface area contributed by atoms with Crippen LogP contribution in [0.1, 0.15) is 11.1 Å². The smallest absolute Gasteiger partial charge is 0.293 e. The van der Waals surface area contributed by atoms with Gasteiger partial charge in [0.05, 0.1) is 18.1 Å². The number of carbonyl (C=O) groups is 2. The van der Waals surface area contributed by atoms with E-state index in [9.17, 15) is 9.59 Å². The van der Waals surface area contributed by atoms with Gasteiger partial charge in [0.25, 0.3) is 11.1 Å². The average Bonchev–Trinajstić information content (AvgIpc) is 2.94. The summed E-state index contributed by atoms with van der Waals surface area (Å²) in [7, 11) is 1.53. The van der Waals surface area contributed by atoms with Crippen molar-refractivity contribution < 1.29 is 19.1 Å². The van der Waals surface area contributed by atoms with E-state index in [1.807, 2.05) is 30.3 Å². The second kappa shape index (κ2) is 9.60. The number of rotatable bonds is 7. The number of methoxy groups -OCH3 is 1. The zero-order valence-electron chi connectivity index (χ0n) is 15.0. The van der Waals surface area contributed by atoms with E-state index in [2.05, 4.69) is 15.9 Å². The molecular formula is C20H17BrClNO4S. The predicted octanol–water partition coefficient (Wildman–Crippen LogP) is 5.36.